The number of aromatic nitrogens is 4. The molecule has 6 nitrogen and oxygen atoms in total. The van der Waals surface area contributed by atoms with Crippen LogP contribution in [0.3, 0.4) is 0 Å². The van der Waals surface area contributed by atoms with Gasteiger partial charge in [0, 0.05) is 18.3 Å². The van der Waals surface area contributed by atoms with E-state index in [-0.39, 0.29) is 0 Å². The molecule has 0 amide bonds. The van der Waals surface area contributed by atoms with Crippen molar-refractivity contribution in [1.29, 1.82) is 5.26 Å². The minimum Gasteiger partial charge on any atom is -0.322 e. The fraction of sp³-hybridized carbons (Fsp3) is 0.273. The summed E-state index contributed by atoms with van der Waals surface area (Å²) in [7, 11) is 0. The van der Waals surface area contributed by atoms with Gasteiger partial charge in [-0.3, -0.25) is 4.68 Å². The molecule has 0 aliphatic heterocycles. The van der Waals surface area contributed by atoms with E-state index in [0.29, 0.717) is 23.4 Å². The molecule has 1 N–H and O–H groups in total. The third kappa shape index (κ3) is 2.58. The van der Waals surface area contributed by atoms with Crippen LogP contribution in [0.15, 0.2) is 24.7 Å². The zero-order valence-electron chi connectivity index (χ0n) is 9.62. The van der Waals surface area contributed by atoms with Crippen LogP contribution in [0.4, 0.5) is 11.6 Å². The zero-order chi connectivity index (χ0) is 12.3. The quantitative estimate of drug-likeness (QED) is 0.867. The second kappa shape index (κ2) is 4.61. The normalized spacial score (nSPS) is 10.2. The summed E-state index contributed by atoms with van der Waals surface area (Å²) < 4.78 is 1.85. The summed E-state index contributed by atoms with van der Waals surface area (Å²) in [6.45, 7) is 4.11. The Labute approximate surface area is 98.9 Å². The van der Waals surface area contributed by atoms with Crippen LogP contribution in [-0.4, -0.2) is 19.7 Å². The number of hydrogen-bond donors (Lipinski definition) is 1. The molecule has 0 fully saturated rings. The Kier molecular flexibility index (Phi) is 3.01. The first-order chi connectivity index (χ1) is 8.19. The van der Waals surface area contributed by atoms with E-state index in [2.05, 4.69) is 34.2 Å². The largest absolute Gasteiger partial charge is 0.322 e. The zero-order valence-corrected chi connectivity index (χ0v) is 9.62. The Bertz CT molecular complexity index is 534. The second-order valence-electron chi connectivity index (χ2n) is 3.80. The number of hydrogen-bond acceptors (Lipinski definition) is 5. The molecule has 2 aromatic heterocycles. The second-order valence-corrected chi connectivity index (χ2v) is 3.80. The molecule has 17 heavy (non-hydrogen) atoms. The molecule has 0 bridgehead atoms. The van der Waals surface area contributed by atoms with Crippen LogP contribution >= 0.6 is 0 Å². The molecular formula is C11H12N6. The van der Waals surface area contributed by atoms with E-state index in [1.807, 2.05) is 23.0 Å². The van der Waals surface area contributed by atoms with Crippen LogP contribution in [0, 0.1) is 11.3 Å². The Morgan fingerprint density at radius 2 is 2.12 bits per heavy atom. The highest BCUT2D eigenvalue weighted by molar-refractivity contribution is 5.49. The lowest BCUT2D eigenvalue weighted by Gasteiger charge is -2.04. The summed E-state index contributed by atoms with van der Waals surface area (Å²) in [5.41, 5.74) is 0.295. The minimum atomic E-state index is 0.295. The highest BCUT2D eigenvalue weighted by atomic mass is 15.3. The highest BCUT2D eigenvalue weighted by Gasteiger charge is 2.03. The number of nitriles is 1. The number of nitrogens with one attached hydrogen (secondary N) is 1. The summed E-state index contributed by atoms with van der Waals surface area (Å²) in [5, 5.41) is 15.9. The molecule has 0 aliphatic carbocycles. The first kappa shape index (κ1) is 11.1. The third-order valence-corrected chi connectivity index (χ3v) is 2.16. The van der Waals surface area contributed by atoms with Gasteiger partial charge in [-0.15, -0.1) is 0 Å². The predicted octanol–water partition coefficient (Wildman–Crippen LogP) is 1.87. The molecule has 0 saturated carbocycles. The number of anilines is 2. The minimum absolute atomic E-state index is 0.295. The van der Waals surface area contributed by atoms with E-state index in [9.17, 15) is 0 Å². The monoisotopic (exact) mass is 228 g/mol. The van der Waals surface area contributed by atoms with Crippen molar-refractivity contribution in [2.24, 2.45) is 0 Å². The molecule has 0 saturated heterocycles. The maximum atomic E-state index is 8.59. The van der Waals surface area contributed by atoms with Gasteiger partial charge >= 0.3 is 0 Å². The summed E-state index contributed by atoms with van der Waals surface area (Å²) in [5.74, 6) is 1.27. The fourth-order valence-corrected chi connectivity index (χ4v) is 1.27. The molecule has 6 heteroatoms. The average Bonchev–Trinajstić information content (AvgIpc) is 2.79. The Balaban J connectivity index is 2.11. The smallest absolute Gasteiger partial charge is 0.158 e. The topological polar surface area (TPSA) is 79.4 Å². The van der Waals surface area contributed by atoms with Gasteiger partial charge in [-0.1, -0.05) is 0 Å². The average molecular weight is 228 g/mol. The van der Waals surface area contributed by atoms with Crippen LogP contribution in [0.5, 0.6) is 0 Å². The van der Waals surface area contributed by atoms with Crippen molar-refractivity contribution in [1.82, 2.24) is 19.7 Å². The first-order valence-electron chi connectivity index (χ1n) is 5.23. The fourth-order valence-electron chi connectivity index (χ4n) is 1.27. The lowest BCUT2D eigenvalue weighted by atomic mass is 10.4. The maximum Gasteiger partial charge on any atom is 0.158 e. The molecule has 0 atom stereocenters. The lowest BCUT2D eigenvalue weighted by Crippen LogP contribution is -2.02. The Morgan fingerprint density at radius 3 is 2.65 bits per heavy atom. The Morgan fingerprint density at radius 1 is 1.29 bits per heavy atom. The molecule has 2 aromatic rings. The van der Waals surface area contributed by atoms with E-state index < -0.39 is 0 Å². The summed E-state index contributed by atoms with van der Waals surface area (Å²) in [6.07, 6.45) is 4.82. The molecule has 0 unspecified atom stereocenters. The van der Waals surface area contributed by atoms with Gasteiger partial charge in [0.25, 0.3) is 0 Å². The lowest BCUT2D eigenvalue weighted by molar-refractivity contribution is 0.534. The third-order valence-electron chi connectivity index (χ3n) is 2.16. The van der Waals surface area contributed by atoms with E-state index in [1.165, 1.54) is 12.4 Å². The summed E-state index contributed by atoms with van der Waals surface area (Å²) in [6, 6.07) is 4.09. The molecule has 0 aliphatic rings. The molecule has 86 valence electrons. The van der Waals surface area contributed by atoms with Gasteiger partial charge in [0.1, 0.15) is 11.9 Å². The molecule has 0 aromatic carbocycles. The summed E-state index contributed by atoms with van der Waals surface area (Å²) in [4.78, 5) is 7.97. The van der Waals surface area contributed by atoms with E-state index in [4.69, 9.17) is 5.26 Å². The Hall–Kier alpha value is -2.42. The van der Waals surface area contributed by atoms with Crippen molar-refractivity contribution in [3.8, 4) is 6.07 Å². The molecule has 2 rings (SSSR count). The SMILES string of the molecule is CC(C)n1ccc(Nc2cnc(C#N)cn2)n1. The van der Waals surface area contributed by atoms with Gasteiger partial charge in [-0.25, -0.2) is 9.97 Å². The van der Waals surface area contributed by atoms with Crippen molar-refractivity contribution >= 4 is 11.6 Å². The van der Waals surface area contributed by atoms with Crippen LogP contribution < -0.4 is 5.32 Å². The van der Waals surface area contributed by atoms with E-state index >= 15 is 0 Å². The molecule has 0 spiro atoms. The van der Waals surface area contributed by atoms with Crippen LogP contribution in [0.1, 0.15) is 25.6 Å². The number of nitrogens with zero attached hydrogens (tertiary/aromatic N) is 5. The van der Waals surface area contributed by atoms with Gasteiger partial charge in [-0.2, -0.15) is 10.4 Å². The van der Waals surface area contributed by atoms with Crippen molar-refractivity contribution in [3.63, 3.8) is 0 Å². The van der Waals surface area contributed by atoms with E-state index in [0.717, 1.165) is 0 Å². The van der Waals surface area contributed by atoms with E-state index in [1.54, 1.807) is 0 Å². The van der Waals surface area contributed by atoms with Crippen molar-refractivity contribution in [2.75, 3.05) is 5.32 Å². The highest BCUT2D eigenvalue weighted by Crippen LogP contribution is 2.12. The van der Waals surface area contributed by atoms with Gasteiger partial charge in [0.2, 0.25) is 0 Å². The molecule has 2 heterocycles. The molecular weight excluding hydrogens is 216 g/mol. The van der Waals surface area contributed by atoms with Gasteiger partial charge in [-0.05, 0) is 13.8 Å². The van der Waals surface area contributed by atoms with Crippen molar-refractivity contribution in [2.45, 2.75) is 19.9 Å². The molecule has 0 radical (unpaired) electrons. The van der Waals surface area contributed by atoms with Crippen molar-refractivity contribution in [3.05, 3.63) is 30.4 Å². The van der Waals surface area contributed by atoms with Gasteiger partial charge in [0.15, 0.2) is 11.5 Å². The number of rotatable bonds is 3. The van der Waals surface area contributed by atoms with Crippen LogP contribution in [0.25, 0.3) is 0 Å². The van der Waals surface area contributed by atoms with Gasteiger partial charge < -0.3 is 5.32 Å². The van der Waals surface area contributed by atoms with Crippen molar-refractivity contribution < 1.29 is 0 Å². The summed E-state index contributed by atoms with van der Waals surface area (Å²) >= 11 is 0. The van der Waals surface area contributed by atoms with Crippen LogP contribution in [-0.2, 0) is 0 Å². The van der Waals surface area contributed by atoms with Crippen LogP contribution in [0.2, 0.25) is 0 Å². The standard InChI is InChI=1S/C11H12N6/c1-8(2)17-4-3-10(16-17)15-11-7-13-9(5-12)6-14-11/h3-4,6-8H,1-2H3,(H,14,15,16). The van der Waals surface area contributed by atoms with Gasteiger partial charge in [0.05, 0.1) is 12.4 Å². The maximum absolute atomic E-state index is 8.59. The first-order valence-corrected chi connectivity index (χ1v) is 5.23. The predicted molar refractivity (Wildman–Crippen MR) is 62.6 cm³/mol.